The van der Waals surface area contributed by atoms with E-state index in [-0.39, 0.29) is 0 Å². The summed E-state index contributed by atoms with van der Waals surface area (Å²) in [5.41, 5.74) is 1.41. The summed E-state index contributed by atoms with van der Waals surface area (Å²) in [5.74, 6) is 0.757. The van der Waals surface area contributed by atoms with Crippen molar-refractivity contribution in [2.45, 2.75) is 6.61 Å². The van der Waals surface area contributed by atoms with Gasteiger partial charge in [-0.3, -0.25) is 0 Å². The number of esters is 1. The van der Waals surface area contributed by atoms with Gasteiger partial charge in [0.1, 0.15) is 18.1 Å². The number of hydrogen-bond acceptors (Lipinski definition) is 3. The monoisotopic (exact) mass is 372 g/mol. The van der Waals surface area contributed by atoms with Crippen LogP contribution in [0.3, 0.4) is 0 Å². The van der Waals surface area contributed by atoms with Gasteiger partial charge in [0.2, 0.25) is 0 Å². The molecule has 0 saturated carbocycles. The first-order valence-electron chi connectivity index (χ1n) is 7.55. The molecule has 3 aromatic rings. The van der Waals surface area contributed by atoms with Crippen molar-refractivity contribution in [3.63, 3.8) is 0 Å². The minimum absolute atomic E-state index is 0.397. The third-order valence-electron chi connectivity index (χ3n) is 3.43. The molecule has 0 amide bonds. The maximum absolute atomic E-state index is 12.1. The maximum Gasteiger partial charge on any atom is 0.343 e. The fourth-order valence-electron chi connectivity index (χ4n) is 2.10. The molecule has 0 aromatic heterocycles. The van der Waals surface area contributed by atoms with Crippen molar-refractivity contribution in [1.82, 2.24) is 0 Å². The Morgan fingerprint density at radius 1 is 0.720 bits per heavy atom. The number of hydrogen-bond donors (Lipinski definition) is 0. The first-order valence-corrected chi connectivity index (χ1v) is 8.31. The summed E-state index contributed by atoms with van der Waals surface area (Å²) in [4.78, 5) is 12.1. The zero-order chi connectivity index (χ0) is 17.6. The van der Waals surface area contributed by atoms with Crippen molar-refractivity contribution in [3.05, 3.63) is 94.0 Å². The van der Waals surface area contributed by atoms with Crippen molar-refractivity contribution in [2.75, 3.05) is 0 Å². The van der Waals surface area contributed by atoms with Crippen LogP contribution in [0.5, 0.6) is 11.5 Å². The molecule has 126 valence electrons. The average molecular weight is 373 g/mol. The lowest BCUT2D eigenvalue weighted by Gasteiger charge is -2.08. The third kappa shape index (κ3) is 4.99. The van der Waals surface area contributed by atoms with E-state index in [9.17, 15) is 4.79 Å². The normalized spacial score (nSPS) is 10.3. The number of ether oxygens (including phenoxy) is 2. The number of halogens is 2. The molecule has 25 heavy (non-hydrogen) atoms. The lowest BCUT2D eigenvalue weighted by atomic mass is 10.1. The summed E-state index contributed by atoms with van der Waals surface area (Å²) < 4.78 is 11.0. The summed E-state index contributed by atoms with van der Waals surface area (Å²) in [7, 11) is 0. The highest BCUT2D eigenvalue weighted by Gasteiger charge is 2.08. The van der Waals surface area contributed by atoms with Gasteiger partial charge in [0.05, 0.1) is 5.56 Å². The second kappa shape index (κ2) is 8.06. The van der Waals surface area contributed by atoms with Crippen LogP contribution in [0.4, 0.5) is 0 Å². The average Bonchev–Trinajstić information content (AvgIpc) is 2.63. The van der Waals surface area contributed by atoms with Gasteiger partial charge in [0, 0.05) is 10.0 Å². The molecule has 0 atom stereocenters. The molecule has 0 aliphatic rings. The van der Waals surface area contributed by atoms with Crippen molar-refractivity contribution >= 4 is 29.2 Å². The Morgan fingerprint density at radius 3 is 1.80 bits per heavy atom. The predicted molar refractivity (Wildman–Crippen MR) is 98.6 cm³/mol. The van der Waals surface area contributed by atoms with Crippen molar-refractivity contribution < 1.29 is 14.3 Å². The van der Waals surface area contributed by atoms with E-state index in [1.807, 2.05) is 12.1 Å². The molecule has 0 radical (unpaired) electrons. The van der Waals surface area contributed by atoms with Crippen LogP contribution in [-0.4, -0.2) is 5.97 Å². The predicted octanol–water partition coefficient (Wildman–Crippen LogP) is 5.79. The fourth-order valence-corrected chi connectivity index (χ4v) is 2.36. The molecule has 0 heterocycles. The van der Waals surface area contributed by atoms with Crippen LogP contribution < -0.4 is 9.47 Å². The number of benzene rings is 3. The van der Waals surface area contributed by atoms with E-state index in [1.165, 1.54) is 0 Å². The van der Waals surface area contributed by atoms with Gasteiger partial charge in [-0.2, -0.15) is 0 Å². The number of rotatable bonds is 5. The van der Waals surface area contributed by atoms with Gasteiger partial charge >= 0.3 is 5.97 Å². The smallest absolute Gasteiger partial charge is 0.343 e. The van der Waals surface area contributed by atoms with Crippen molar-refractivity contribution in [2.24, 2.45) is 0 Å². The standard InChI is InChI=1S/C20H14Cl2O3/c21-16-5-9-18(10-6-16)24-13-14-1-3-15(4-2-14)20(23)25-19-11-7-17(22)8-12-19/h1-12H,13H2. The van der Waals surface area contributed by atoms with E-state index in [0.29, 0.717) is 28.0 Å². The SMILES string of the molecule is O=C(Oc1ccc(Cl)cc1)c1ccc(COc2ccc(Cl)cc2)cc1. The van der Waals surface area contributed by atoms with Crippen LogP contribution in [0.15, 0.2) is 72.8 Å². The van der Waals surface area contributed by atoms with Gasteiger partial charge in [-0.15, -0.1) is 0 Å². The Labute approximate surface area is 155 Å². The van der Waals surface area contributed by atoms with Crippen LogP contribution >= 0.6 is 23.2 Å². The molecule has 0 saturated heterocycles. The zero-order valence-corrected chi connectivity index (χ0v) is 14.6. The van der Waals surface area contributed by atoms with Gasteiger partial charge in [-0.25, -0.2) is 4.79 Å². The number of carbonyl (C=O) groups excluding carboxylic acids is 1. The second-order valence-electron chi connectivity index (χ2n) is 5.28. The summed E-state index contributed by atoms with van der Waals surface area (Å²) in [6.45, 7) is 0.397. The van der Waals surface area contributed by atoms with Crippen molar-refractivity contribution in [1.29, 1.82) is 0 Å². The van der Waals surface area contributed by atoms with E-state index in [4.69, 9.17) is 32.7 Å². The van der Waals surface area contributed by atoms with Gasteiger partial charge in [0.25, 0.3) is 0 Å². The van der Waals surface area contributed by atoms with E-state index in [1.54, 1.807) is 60.7 Å². The topological polar surface area (TPSA) is 35.5 Å². The molecule has 0 fully saturated rings. The Kier molecular flexibility index (Phi) is 5.59. The number of carbonyl (C=O) groups is 1. The summed E-state index contributed by atoms with van der Waals surface area (Å²) >= 11 is 11.6. The lowest BCUT2D eigenvalue weighted by molar-refractivity contribution is 0.0734. The molecule has 0 N–H and O–H groups in total. The molecule has 0 aliphatic heterocycles. The van der Waals surface area contributed by atoms with E-state index in [2.05, 4.69) is 0 Å². The quantitative estimate of drug-likeness (QED) is 0.419. The molecule has 3 nitrogen and oxygen atoms in total. The molecular formula is C20H14Cl2O3. The second-order valence-corrected chi connectivity index (χ2v) is 6.16. The first-order chi connectivity index (χ1) is 12.1. The minimum atomic E-state index is -0.424. The highest BCUT2D eigenvalue weighted by atomic mass is 35.5. The van der Waals surface area contributed by atoms with Gasteiger partial charge in [0.15, 0.2) is 0 Å². The summed E-state index contributed by atoms with van der Waals surface area (Å²) in [6.07, 6.45) is 0. The Bertz CT molecular complexity index is 842. The largest absolute Gasteiger partial charge is 0.489 e. The molecule has 0 unspecified atom stereocenters. The zero-order valence-electron chi connectivity index (χ0n) is 13.1. The van der Waals surface area contributed by atoms with Crippen LogP contribution in [0.1, 0.15) is 15.9 Å². The molecule has 3 aromatic carbocycles. The molecule has 0 aliphatic carbocycles. The molecule has 0 bridgehead atoms. The highest BCUT2D eigenvalue weighted by molar-refractivity contribution is 6.30. The van der Waals surface area contributed by atoms with E-state index >= 15 is 0 Å². The summed E-state index contributed by atoms with van der Waals surface area (Å²) in [5, 5.41) is 1.25. The molecule has 3 rings (SSSR count). The van der Waals surface area contributed by atoms with Gasteiger partial charge < -0.3 is 9.47 Å². The first kappa shape index (κ1) is 17.3. The van der Waals surface area contributed by atoms with Crippen molar-refractivity contribution in [3.8, 4) is 11.5 Å². The maximum atomic E-state index is 12.1. The van der Waals surface area contributed by atoms with Crippen LogP contribution in [0.25, 0.3) is 0 Å². The summed E-state index contributed by atoms with van der Waals surface area (Å²) in [6, 6.07) is 20.9. The van der Waals surface area contributed by atoms with Crippen LogP contribution in [-0.2, 0) is 6.61 Å². The van der Waals surface area contributed by atoms with Crippen LogP contribution in [0.2, 0.25) is 10.0 Å². The van der Waals surface area contributed by atoms with Crippen LogP contribution in [0, 0.1) is 0 Å². The third-order valence-corrected chi connectivity index (χ3v) is 3.94. The van der Waals surface area contributed by atoms with E-state index < -0.39 is 5.97 Å². The Balaban J connectivity index is 1.58. The molecule has 0 spiro atoms. The lowest BCUT2D eigenvalue weighted by Crippen LogP contribution is -2.08. The van der Waals surface area contributed by atoms with Gasteiger partial charge in [-0.05, 0) is 66.2 Å². The van der Waals surface area contributed by atoms with Gasteiger partial charge in [-0.1, -0.05) is 35.3 Å². The minimum Gasteiger partial charge on any atom is -0.489 e. The van der Waals surface area contributed by atoms with E-state index in [0.717, 1.165) is 11.3 Å². The Morgan fingerprint density at radius 2 is 1.24 bits per heavy atom. The molecular weight excluding hydrogens is 359 g/mol. The highest BCUT2D eigenvalue weighted by Crippen LogP contribution is 2.19. The fraction of sp³-hybridized carbons (Fsp3) is 0.0500. The Hall–Kier alpha value is -2.49. The molecule has 5 heteroatoms.